The first kappa shape index (κ1) is 13.8. The third-order valence-electron chi connectivity index (χ3n) is 3.09. The molecule has 0 aliphatic carbocycles. The quantitative estimate of drug-likeness (QED) is 0.361. The average molecular weight is 263 g/mol. The van der Waals surface area contributed by atoms with Crippen molar-refractivity contribution in [1.29, 1.82) is 0 Å². The molecule has 5 heteroatoms. The van der Waals surface area contributed by atoms with Crippen LogP contribution in [0.3, 0.4) is 0 Å². The van der Waals surface area contributed by atoms with Crippen LogP contribution in [0.1, 0.15) is 12.0 Å². The van der Waals surface area contributed by atoms with Gasteiger partial charge in [0.05, 0.1) is 26.0 Å². The zero-order valence-electron chi connectivity index (χ0n) is 11.1. The van der Waals surface area contributed by atoms with Gasteiger partial charge in [0.25, 0.3) is 0 Å². The van der Waals surface area contributed by atoms with Gasteiger partial charge in [0.15, 0.2) is 0 Å². The Morgan fingerprint density at radius 3 is 2.68 bits per heavy atom. The number of ether oxygens (including phenoxy) is 2. The number of hydrogen-bond donors (Lipinski definition) is 1. The SMILES string of the molecule is NN=Cc1ccc(OCCCN2CCOCC2)cc1. The van der Waals surface area contributed by atoms with Crippen molar-refractivity contribution in [1.82, 2.24) is 4.90 Å². The summed E-state index contributed by atoms with van der Waals surface area (Å²) in [4.78, 5) is 2.41. The molecule has 0 amide bonds. The molecule has 1 heterocycles. The molecule has 0 saturated carbocycles. The highest BCUT2D eigenvalue weighted by Gasteiger charge is 2.09. The van der Waals surface area contributed by atoms with Gasteiger partial charge < -0.3 is 15.3 Å². The molecule has 0 atom stereocenters. The van der Waals surface area contributed by atoms with Crippen molar-refractivity contribution in [2.45, 2.75) is 6.42 Å². The monoisotopic (exact) mass is 263 g/mol. The highest BCUT2D eigenvalue weighted by atomic mass is 16.5. The fraction of sp³-hybridized carbons (Fsp3) is 0.500. The van der Waals surface area contributed by atoms with Crippen LogP contribution in [-0.2, 0) is 4.74 Å². The molecule has 5 nitrogen and oxygen atoms in total. The normalized spacial score (nSPS) is 16.8. The predicted octanol–water partition coefficient (Wildman–Crippen LogP) is 1.08. The van der Waals surface area contributed by atoms with Gasteiger partial charge in [0.2, 0.25) is 0 Å². The van der Waals surface area contributed by atoms with Crippen molar-refractivity contribution in [2.24, 2.45) is 10.9 Å². The van der Waals surface area contributed by atoms with Crippen LogP contribution in [0.2, 0.25) is 0 Å². The van der Waals surface area contributed by atoms with Gasteiger partial charge in [0.1, 0.15) is 5.75 Å². The van der Waals surface area contributed by atoms with Crippen LogP contribution < -0.4 is 10.6 Å². The Hall–Kier alpha value is -1.59. The van der Waals surface area contributed by atoms with Crippen molar-refractivity contribution < 1.29 is 9.47 Å². The number of nitrogens with zero attached hydrogens (tertiary/aromatic N) is 2. The smallest absolute Gasteiger partial charge is 0.119 e. The van der Waals surface area contributed by atoms with E-state index in [1.165, 1.54) is 0 Å². The lowest BCUT2D eigenvalue weighted by molar-refractivity contribution is 0.0358. The molecule has 0 unspecified atom stereocenters. The number of hydrogen-bond acceptors (Lipinski definition) is 5. The van der Waals surface area contributed by atoms with Crippen LogP contribution in [0, 0.1) is 0 Å². The molecule has 19 heavy (non-hydrogen) atoms. The van der Waals surface area contributed by atoms with Gasteiger partial charge in [-0.25, -0.2) is 0 Å². The lowest BCUT2D eigenvalue weighted by Crippen LogP contribution is -2.37. The molecule has 2 N–H and O–H groups in total. The van der Waals surface area contributed by atoms with Gasteiger partial charge in [-0.15, -0.1) is 0 Å². The second kappa shape index (κ2) is 7.76. The third-order valence-corrected chi connectivity index (χ3v) is 3.09. The maximum absolute atomic E-state index is 5.70. The zero-order chi connectivity index (χ0) is 13.3. The minimum Gasteiger partial charge on any atom is -0.494 e. The fourth-order valence-corrected chi connectivity index (χ4v) is 2.04. The number of rotatable bonds is 6. The Kier molecular flexibility index (Phi) is 5.65. The Balaban J connectivity index is 1.64. The summed E-state index contributed by atoms with van der Waals surface area (Å²) >= 11 is 0. The Labute approximate surface area is 114 Å². The van der Waals surface area contributed by atoms with Crippen LogP contribution in [0.5, 0.6) is 5.75 Å². The molecule has 1 saturated heterocycles. The van der Waals surface area contributed by atoms with E-state index in [2.05, 4.69) is 10.0 Å². The van der Waals surface area contributed by atoms with Crippen LogP contribution in [0.25, 0.3) is 0 Å². The maximum atomic E-state index is 5.70. The second-order valence-corrected chi connectivity index (χ2v) is 4.50. The molecule has 104 valence electrons. The molecule has 0 radical (unpaired) electrons. The van der Waals surface area contributed by atoms with Gasteiger partial charge in [-0.1, -0.05) is 0 Å². The average Bonchev–Trinajstić information content (AvgIpc) is 2.47. The van der Waals surface area contributed by atoms with Gasteiger partial charge in [-0.3, -0.25) is 4.90 Å². The predicted molar refractivity (Wildman–Crippen MR) is 75.6 cm³/mol. The van der Waals surface area contributed by atoms with E-state index in [9.17, 15) is 0 Å². The van der Waals surface area contributed by atoms with Crippen molar-refractivity contribution in [2.75, 3.05) is 39.5 Å². The summed E-state index contributed by atoms with van der Waals surface area (Å²) in [5.74, 6) is 5.98. The number of nitrogens with two attached hydrogens (primary N) is 1. The van der Waals surface area contributed by atoms with E-state index in [0.29, 0.717) is 0 Å². The van der Waals surface area contributed by atoms with E-state index in [1.807, 2.05) is 24.3 Å². The first-order valence-corrected chi connectivity index (χ1v) is 6.65. The molecule has 1 aliphatic rings. The number of hydrazone groups is 1. The largest absolute Gasteiger partial charge is 0.494 e. The summed E-state index contributed by atoms with van der Waals surface area (Å²) in [5.41, 5.74) is 0.975. The molecule has 1 aromatic rings. The van der Waals surface area contributed by atoms with Crippen molar-refractivity contribution in [3.8, 4) is 5.75 Å². The first-order chi connectivity index (χ1) is 9.38. The van der Waals surface area contributed by atoms with Crippen LogP contribution in [0.4, 0.5) is 0 Å². The molecule has 0 aromatic heterocycles. The molecular weight excluding hydrogens is 242 g/mol. The topological polar surface area (TPSA) is 60.1 Å². The van der Waals surface area contributed by atoms with Crippen molar-refractivity contribution in [3.05, 3.63) is 29.8 Å². The highest BCUT2D eigenvalue weighted by Crippen LogP contribution is 2.11. The van der Waals surface area contributed by atoms with Gasteiger partial charge >= 0.3 is 0 Å². The maximum Gasteiger partial charge on any atom is 0.119 e. The lowest BCUT2D eigenvalue weighted by atomic mass is 10.2. The van der Waals surface area contributed by atoms with Gasteiger partial charge in [-0.05, 0) is 36.2 Å². The molecule has 0 spiro atoms. The molecule has 1 fully saturated rings. The van der Waals surface area contributed by atoms with Crippen molar-refractivity contribution in [3.63, 3.8) is 0 Å². The second-order valence-electron chi connectivity index (χ2n) is 4.50. The van der Waals surface area contributed by atoms with Crippen LogP contribution >= 0.6 is 0 Å². The summed E-state index contributed by atoms with van der Waals surface area (Å²) in [6.07, 6.45) is 2.65. The van der Waals surface area contributed by atoms with Gasteiger partial charge in [0, 0.05) is 19.6 Å². The Bertz CT molecular complexity index is 386. The first-order valence-electron chi connectivity index (χ1n) is 6.65. The summed E-state index contributed by atoms with van der Waals surface area (Å²) in [5, 5.41) is 3.48. The van der Waals surface area contributed by atoms with E-state index in [0.717, 1.165) is 57.2 Å². The van der Waals surface area contributed by atoms with E-state index in [-0.39, 0.29) is 0 Å². The highest BCUT2D eigenvalue weighted by molar-refractivity contribution is 5.79. The summed E-state index contributed by atoms with van der Waals surface area (Å²) in [6.45, 7) is 5.58. The van der Waals surface area contributed by atoms with Crippen LogP contribution in [0.15, 0.2) is 29.4 Å². The van der Waals surface area contributed by atoms with Crippen molar-refractivity contribution >= 4 is 6.21 Å². The van der Waals surface area contributed by atoms with E-state index < -0.39 is 0 Å². The Morgan fingerprint density at radius 2 is 2.00 bits per heavy atom. The number of benzene rings is 1. The summed E-state index contributed by atoms with van der Waals surface area (Å²) in [6, 6.07) is 7.75. The van der Waals surface area contributed by atoms with E-state index >= 15 is 0 Å². The lowest BCUT2D eigenvalue weighted by Gasteiger charge is -2.26. The molecule has 0 bridgehead atoms. The molecule has 2 rings (SSSR count). The van der Waals surface area contributed by atoms with E-state index in [4.69, 9.17) is 15.3 Å². The molecule has 1 aliphatic heterocycles. The molecular formula is C14H21N3O2. The molecule has 1 aromatic carbocycles. The summed E-state index contributed by atoms with van der Waals surface area (Å²) < 4.78 is 11.0. The summed E-state index contributed by atoms with van der Waals surface area (Å²) in [7, 11) is 0. The minimum absolute atomic E-state index is 0.738. The zero-order valence-corrected chi connectivity index (χ0v) is 11.1. The number of morpholine rings is 1. The van der Waals surface area contributed by atoms with Gasteiger partial charge in [-0.2, -0.15) is 5.10 Å². The Morgan fingerprint density at radius 1 is 1.26 bits per heavy atom. The standard InChI is InChI=1S/C14H21N3O2/c15-16-12-13-2-4-14(5-3-13)19-9-1-6-17-7-10-18-11-8-17/h2-5,12H,1,6-11,15H2. The van der Waals surface area contributed by atoms with Crippen LogP contribution in [-0.4, -0.2) is 50.6 Å². The van der Waals surface area contributed by atoms with E-state index in [1.54, 1.807) is 6.21 Å². The third kappa shape index (κ3) is 4.89. The fourth-order valence-electron chi connectivity index (χ4n) is 2.04. The minimum atomic E-state index is 0.738.